The third-order valence-corrected chi connectivity index (χ3v) is 4.69. The number of imide groups is 1. The fraction of sp³-hybridized carbons (Fsp3) is 0.227. The smallest absolute Gasteiger partial charge is 0.339 e. The summed E-state index contributed by atoms with van der Waals surface area (Å²) >= 11 is 0. The van der Waals surface area contributed by atoms with E-state index in [1.165, 1.54) is 19.2 Å². The molecule has 1 aromatic heterocycles. The normalized spacial score (nSPS) is 11.6. The number of aryl methyl sites for hydroxylation is 2. The predicted molar refractivity (Wildman–Crippen MR) is 114 cm³/mol. The van der Waals surface area contributed by atoms with Gasteiger partial charge in [-0.25, -0.2) is 14.6 Å². The van der Waals surface area contributed by atoms with Gasteiger partial charge in [0.2, 0.25) is 6.10 Å². The van der Waals surface area contributed by atoms with Gasteiger partial charge in [-0.05, 0) is 32.0 Å². The second-order valence-electron chi connectivity index (χ2n) is 6.71. The van der Waals surface area contributed by atoms with Crippen LogP contribution in [0.4, 0.5) is 4.79 Å². The molecular formula is C22H22N4O5. The van der Waals surface area contributed by atoms with E-state index in [4.69, 9.17) is 4.74 Å². The molecule has 3 rings (SSSR count). The molecule has 1 unspecified atom stereocenters. The number of carbonyl (C=O) groups is 3. The fourth-order valence-corrected chi connectivity index (χ4v) is 3.13. The quantitative estimate of drug-likeness (QED) is 0.608. The van der Waals surface area contributed by atoms with Crippen LogP contribution in [0.1, 0.15) is 34.6 Å². The Bertz CT molecular complexity index is 1200. The summed E-state index contributed by atoms with van der Waals surface area (Å²) < 4.78 is 7.03. The predicted octanol–water partition coefficient (Wildman–Crippen LogP) is 2.08. The Labute approximate surface area is 178 Å². The number of benzene rings is 2. The van der Waals surface area contributed by atoms with Gasteiger partial charge >= 0.3 is 12.0 Å². The summed E-state index contributed by atoms with van der Waals surface area (Å²) in [6.45, 7) is 3.91. The summed E-state index contributed by atoms with van der Waals surface area (Å²) in [6.07, 6.45) is -1.33. The largest absolute Gasteiger partial charge is 0.444 e. The van der Waals surface area contributed by atoms with Crippen LogP contribution in [0.25, 0.3) is 11.0 Å². The molecule has 2 aromatic carbocycles. The third kappa shape index (κ3) is 4.61. The highest BCUT2D eigenvalue weighted by Gasteiger charge is 2.27. The van der Waals surface area contributed by atoms with E-state index in [2.05, 4.69) is 15.6 Å². The van der Waals surface area contributed by atoms with Gasteiger partial charge in [-0.3, -0.25) is 14.9 Å². The first kappa shape index (κ1) is 21.7. The maximum atomic E-state index is 12.8. The maximum absolute atomic E-state index is 12.8. The Hall–Kier alpha value is -4.01. The maximum Gasteiger partial charge on any atom is 0.339 e. The first-order valence-corrected chi connectivity index (χ1v) is 9.65. The van der Waals surface area contributed by atoms with Crippen LogP contribution in [0.3, 0.4) is 0 Å². The highest BCUT2D eigenvalue weighted by molar-refractivity contribution is 5.99. The number of hydrogen-bond acceptors (Lipinski definition) is 6. The van der Waals surface area contributed by atoms with Gasteiger partial charge in [0, 0.05) is 19.2 Å². The molecule has 0 aliphatic heterocycles. The molecule has 0 fully saturated rings. The number of nitrogens with zero attached hydrogens (tertiary/aromatic N) is 2. The van der Waals surface area contributed by atoms with Crippen LogP contribution in [-0.2, 0) is 16.1 Å². The van der Waals surface area contributed by atoms with Crippen LogP contribution in [-0.4, -0.2) is 34.5 Å². The highest BCUT2D eigenvalue weighted by atomic mass is 16.5. The molecule has 0 spiro atoms. The molecule has 0 aliphatic rings. The van der Waals surface area contributed by atoms with Crippen molar-refractivity contribution in [3.63, 3.8) is 0 Å². The number of esters is 1. The Morgan fingerprint density at radius 1 is 1.13 bits per heavy atom. The zero-order chi connectivity index (χ0) is 22.5. The minimum Gasteiger partial charge on any atom is -0.444 e. The lowest BCUT2D eigenvalue weighted by Gasteiger charge is -2.18. The average molecular weight is 422 g/mol. The Kier molecular flexibility index (Phi) is 6.44. The molecule has 0 aliphatic carbocycles. The Morgan fingerprint density at radius 3 is 2.48 bits per heavy atom. The fourth-order valence-electron chi connectivity index (χ4n) is 3.13. The molecule has 3 amide bonds. The van der Waals surface area contributed by atoms with Crippen molar-refractivity contribution in [2.45, 2.75) is 26.5 Å². The summed E-state index contributed by atoms with van der Waals surface area (Å²) in [6, 6.07) is 12.3. The van der Waals surface area contributed by atoms with Gasteiger partial charge in [0.15, 0.2) is 0 Å². The zero-order valence-electron chi connectivity index (χ0n) is 17.3. The van der Waals surface area contributed by atoms with Crippen molar-refractivity contribution in [2.24, 2.45) is 0 Å². The number of aromatic nitrogens is 2. The minimum absolute atomic E-state index is 0.161. The molecular weight excluding hydrogens is 400 g/mol. The van der Waals surface area contributed by atoms with Gasteiger partial charge in [-0.15, -0.1) is 0 Å². The number of carbonyl (C=O) groups excluding carboxylic acids is 3. The van der Waals surface area contributed by atoms with Crippen LogP contribution < -0.4 is 16.2 Å². The van der Waals surface area contributed by atoms with Crippen molar-refractivity contribution in [2.75, 3.05) is 7.05 Å². The summed E-state index contributed by atoms with van der Waals surface area (Å²) in [7, 11) is 1.37. The van der Waals surface area contributed by atoms with E-state index < -0.39 is 24.0 Å². The highest BCUT2D eigenvalue weighted by Crippen LogP contribution is 2.21. The molecule has 31 heavy (non-hydrogen) atoms. The number of amides is 3. The zero-order valence-corrected chi connectivity index (χ0v) is 17.3. The number of hydrogen-bond donors (Lipinski definition) is 2. The summed E-state index contributed by atoms with van der Waals surface area (Å²) in [5, 5.41) is 4.41. The minimum atomic E-state index is -1.33. The molecule has 0 radical (unpaired) electrons. The number of fused-ring (bicyclic) bond motifs is 1. The molecule has 9 nitrogen and oxygen atoms in total. The van der Waals surface area contributed by atoms with E-state index in [-0.39, 0.29) is 11.1 Å². The van der Waals surface area contributed by atoms with Crippen LogP contribution in [0.2, 0.25) is 0 Å². The molecule has 9 heteroatoms. The van der Waals surface area contributed by atoms with Crippen LogP contribution in [0.15, 0.2) is 53.3 Å². The second-order valence-corrected chi connectivity index (χ2v) is 6.71. The number of rotatable bonds is 5. The lowest BCUT2D eigenvalue weighted by atomic mass is 10.1. The first-order chi connectivity index (χ1) is 14.8. The second kappa shape index (κ2) is 9.21. The molecule has 1 atom stereocenters. The lowest BCUT2D eigenvalue weighted by molar-refractivity contribution is -0.129. The van der Waals surface area contributed by atoms with Gasteiger partial charge in [0.25, 0.3) is 11.5 Å². The van der Waals surface area contributed by atoms with Crippen LogP contribution in [0.5, 0.6) is 0 Å². The van der Waals surface area contributed by atoms with Gasteiger partial charge in [-0.2, -0.15) is 0 Å². The van der Waals surface area contributed by atoms with E-state index in [0.29, 0.717) is 28.8 Å². The number of urea groups is 1. The van der Waals surface area contributed by atoms with Gasteiger partial charge in [0.1, 0.15) is 5.69 Å². The van der Waals surface area contributed by atoms with Gasteiger partial charge in [0.05, 0.1) is 16.6 Å². The third-order valence-electron chi connectivity index (χ3n) is 4.69. The number of nitrogens with one attached hydrogen (secondary N) is 2. The van der Waals surface area contributed by atoms with Crippen LogP contribution >= 0.6 is 0 Å². The number of ether oxygens (including phenoxy) is 1. The molecule has 1 heterocycles. The van der Waals surface area contributed by atoms with Crippen LogP contribution in [0, 0.1) is 6.92 Å². The average Bonchev–Trinajstić information content (AvgIpc) is 2.78. The summed E-state index contributed by atoms with van der Waals surface area (Å²) in [5.41, 5.74) is 1.74. The van der Waals surface area contributed by atoms with Crippen molar-refractivity contribution in [1.82, 2.24) is 20.2 Å². The monoisotopic (exact) mass is 422 g/mol. The molecule has 3 aromatic rings. The Morgan fingerprint density at radius 2 is 1.84 bits per heavy atom. The van der Waals surface area contributed by atoms with Crippen molar-refractivity contribution in [3.8, 4) is 0 Å². The van der Waals surface area contributed by atoms with Gasteiger partial charge < -0.3 is 14.6 Å². The molecule has 0 saturated carbocycles. The van der Waals surface area contributed by atoms with E-state index in [1.807, 2.05) is 6.92 Å². The van der Waals surface area contributed by atoms with Gasteiger partial charge in [-0.1, -0.05) is 30.3 Å². The molecule has 0 saturated heterocycles. The lowest BCUT2D eigenvalue weighted by Crippen LogP contribution is -2.41. The summed E-state index contributed by atoms with van der Waals surface area (Å²) in [4.78, 5) is 53.5. The van der Waals surface area contributed by atoms with E-state index in [1.54, 1.807) is 47.9 Å². The van der Waals surface area contributed by atoms with Crippen molar-refractivity contribution in [3.05, 3.63) is 75.7 Å². The molecule has 2 N–H and O–H groups in total. The molecule has 0 bridgehead atoms. The van der Waals surface area contributed by atoms with Crippen molar-refractivity contribution >= 4 is 28.9 Å². The molecule has 160 valence electrons. The van der Waals surface area contributed by atoms with E-state index >= 15 is 0 Å². The first-order valence-electron chi connectivity index (χ1n) is 9.65. The Balaban J connectivity index is 1.95. The van der Waals surface area contributed by atoms with Crippen molar-refractivity contribution in [1.29, 1.82) is 0 Å². The SMILES string of the molecule is CCn1c(=O)c(C)nc2cc(C(=O)OC(C(=O)NC(=O)NC)c3ccccc3)ccc21. The van der Waals surface area contributed by atoms with E-state index in [0.717, 1.165) is 0 Å². The topological polar surface area (TPSA) is 119 Å². The van der Waals surface area contributed by atoms with Crippen molar-refractivity contribution < 1.29 is 19.1 Å². The summed E-state index contributed by atoms with van der Waals surface area (Å²) in [5.74, 6) is -1.55. The van der Waals surface area contributed by atoms with E-state index in [9.17, 15) is 19.2 Å². The standard InChI is InChI=1S/C22H22N4O5/c1-4-26-17-11-10-15(12-16(17)24-13(2)20(26)28)21(29)31-18(14-8-6-5-7-9-14)19(27)25-22(30)23-3/h5-12,18H,4H2,1-3H3,(H2,23,25,27,30).